The zero-order chi connectivity index (χ0) is 13.8. The molecular formula is C16H32N2. The minimum atomic E-state index is 0.312. The fourth-order valence-electron chi connectivity index (χ4n) is 3.65. The lowest BCUT2D eigenvalue weighted by atomic mass is 9.70. The van der Waals surface area contributed by atoms with Crippen molar-refractivity contribution in [2.24, 2.45) is 5.92 Å². The highest BCUT2D eigenvalue weighted by molar-refractivity contribution is 5.07. The predicted octanol–water partition coefficient (Wildman–Crippen LogP) is 3.44. The summed E-state index contributed by atoms with van der Waals surface area (Å²) < 4.78 is 0. The van der Waals surface area contributed by atoms with E-state index in [2.05, 4.69) is 51.7 Å². The molecule has 2 heteroatoms. The molecule has 2 nitrogen and oxygen atoms in total. The second-order valence-corrected chi connectivity index (χ2v) is 6.47. The molecule has 0 saturated heterocycles. The van der Waals surface area contributed by atoms with Gasteiger partial charge in [-0.05, 0) is 52.7 Å². The van der Waals surface area contributed by atoms with Crippen LogP contribution in [0.15, 0.2) is 12.2 Å². The summed E-state index contributed by atoms with van der Waals surface area (Å²) in [7, 11) is 4.50. The molecule has 1 N–H and O–H groups in total. The quantitative estimate of drug-likeness (QED) is 0.729. The van der Waals surface area contributed by atoms with Gasteiger partial charge < -0.3 is 10.2 Å². The van der Waals surface area contributed by atoms with Crippen LogP contribution in [0, 0.1) is 5.92 Å². The highest BCUT2D eigenvalue weighted by atomic mass is 15.2. The number of nitrogens with zero attached hydrogens (tertiary/aromatic N) is 1. The van der Waals surface area contributed by atoms with Gasteiger partial charge in [0.25, 0.3) is 0 Å². The van der Waals surface area contributed by atoms with E-state index in [4.69, 9.17) is 0 Å². The Balaban J connectivity index is 2.94. The smallest absolute Gasteiger partial charge is 0.0362 e. The second-order valence-electron chi connectivity index (χ2n) is 6.47. The normalized spacial score (nSPS) is 30.4. The van der Waals surface area contributed by atoms with Gasteiger partial charge in [0, 0.05) is 11.6 Å². The van der Waals surface area contributed by atoms with Crippen molar-refractivity contribution in [1.29, 1.82) is 0 Å². The highest BCUT2D eigenvalue weighted by Crippen LogP contribution is 2.39. The van der Waals surface area contributed by atoms with E-state index in [0.717, 1.165) is 18.9 Å². The maximum absolute atomic E-state index is 4.12. The van der Waals surface area contributed by atoms with Gasteiger partial charge in [0.15, 0.2) is 0 Å². The molecule has 106 valence electrons. The van der Waals surface area contributed by atoms with E-state index in [1.807, 2.05) is 0 Å². The lowest BCUT2D eigenvalue weighted by Crippen LogP contribution is -2.61. The molecule has 0 spiro atoms. The summed E-state index contributed by atoms with van der Waals surface area (Å²) in [6, 6.07) is 0.540. The monoisotopic (exact) mass is 252 g/mol. The molecule has 18 heavy (non-hydrogen) atoms. The van der Waals surface area contributed by atoms with Crippen LogP contribution in [-0.2, 0) is 0 Å². The predicted molar refractivity (Wildman–Crippen MR) is 80.9 cm³/mol. The van der Waals surface area contributed by atoms with Crippen LogP contribution in [0.3, 0.4) is 0 Å². The molecule has 0 heterocycles. The minimum absolute atomic E-state index is 0.312. The van der Waals surface area contributed by atoms with E-state index in [9.17, 15) is 0 Å². The Bertz CT molecular complexity index is 272. The largest absolute Gasteiger partial charge is 0.312 e. The van der Waals surface area contributed by atoms with E-state index in [1.165, 1.54) is 31.3 Å². The zero-order valence-corrected chi connectivity index (χ0v) is 13.1. The summed E-state index contributed by atoms with van der Waals surface area (Å²) in [4.78, 5) is 2.47. The van der Waals surface area contributed by atoms with Crippen molar-refractivity contribution < 1.29 is 0 Å². The van der Waals surface area contributed by atoms with Crippen molar-refractivity contribution in [2.45, 2.75) is 64.5 Å². The first-order valence-corrected chi connectivity index (χ1v) is 7.47. The summed E-state index contributed by atoms with van der Waals surface area (Å²) in [5.41, 5.74) is 1.60. The lowest BCUT2D eigenvalue weighted by molar-refractivity contribution is 0.0379. The summed E-state index contributed by atoms with van der Waals surface area (Å²) in [5, 5.41) is 3.72. The molecule has 1 fully saturated rings. The van der Waals surface area contributed by atoms with Crippen molar-refractivity contribution in [3.8, 4) is 0 Å². The minimum Gasteiger partial charge on any atom is -0.312 e. The van der Waals surface area contributed by atoms with Gasteiger partial charge in [-0.1, -0.05) is 32.3 Å². The SMILES string of the molecule is C=C(C)CC(NCC)C1(N(C)C)CCCC(C)C1. The van der Waals surface area contributed by atoms with Crippen LogP contribution in [0.2, 0.25) is 0 Å². The Morgan fingerprint density at radius 1 is 1.50 bits per heavy atom. The molecule has 0 radical (unpaired) electrons. The van der Waals surface area contributed by atoms with Crippen molar-refractivity contribution in [3.63, 3.8) is 0 Å². The fraction of sp³-hybridized carbons (Fsp3) is 0.875. The van der Waals surface area contributed by atoms with E-state index in [1.54, 1.807) is 0 Å². The van der Waals surface area contributed by atoms with Crippen molar-refractivity contribution in [1.82, 2.24) is 10.2 Å². The average molecular weight is 252 g/mol. The Kier molecular flexibility index (Phi) is 5.87. The summed E-state index contributed by atoms with van der Waals surface area (Å²) >= 11 is 0. The first kappa shape index (κ1) is 15.7. The van der Waals surface area contributed by atoms with E-state index in [0.29, 0.717) is 11.6 Å². The van der Waals surface area contributed by atoms with Gasteiger partial charge in [-0.15, -0.1) is 6.58 Å². The molecular weight excluding hydrogens is 220 g/mol. The maximum atomic E-state index is 4.12. The Morgan fingerprint density at radius 3 is 2.61 bits per heavy atom. The third-order valence-electron chi connectivity index (χ3n) is 4.55. The lowest BCUT2D eigenvalue weighted by Gasteiger charge is -2.50. The first-order chi connectivity index (χ1) is 8.42. The zero-order valence-electron chi connectivity index (χ0n) is 13.1. The van der Waals surface area contributed by atoms with E-state index < -0.39 is 0 Å². The van der Waals surface area contributed by atoms with Crippen LogP contribution in [0.1, 0.15) is 52.9 Å². The van der Waals surface area contributed by atoms with E-state index in [-0.39, 0.29) is 0 Å². The number of likely N-dealkylation sites (N-methyl/N-ethyl adjacent to an activating group) is 2. The molecule has 0 bridgehead atoms. The average Bonchev–Trinajstić information content (AvgIpc) is 2.27. The van der Waals surface area contributed by atoms with Crippen LogP contribution in [0.25, 0.3) is 0 Å². The van der Waals surface area contributed by atoms with Gasteiger partial charge >= 0.3 is 0 Å². The third-order valence-corrected chi connectivity index (χ3v) is 4.55. The standard InChI is InChI=1S/C16H32N2/c1-7-17-15(11-13(2)3)16(18(5)6)10-8-9-14(4)12-16/h14-15,17H,2,7-12H2,1,3-6H3. The molecule has 0 aromatic heterocycles. The van der Waals surface area contributed by atoms with Gasteiger partial charge in [0.05, 0.1) is 0 Å². The summed E-state index contributed by atoms with van der Waals surface area (Å²) in [6.45, 7) is 11.9. The van der Waals surface area contributed by atoms with Crippen LogP contribution >= 0.6 is 0 Å². The van der Waals surface area contributed by atoms with Crippen molar-refractivity contribution in [2.75, 3.05) is 20.6 Å². The van der Waals surface area contributed by atoms with Crippen LogP contribution in [-0.4, -0.2) is 37.1 Å². The van der Waals surface area contributed by atoms with Gasteiger partial charge in [-0.25, -0.2) is 0 Å². The maximum Gasteiger partial charge on any atom is 0.0362 e. The van der Waals surface area contributed by atoms with Crippen molar-refractivity contribution >= 4 is 0 Å². The number of hydrogen-bond donors (Lipinski definition) is 1. The van der Waals surface area contributed by atoms with Crippen LogP contribution in [0.5, 0.6) is 0 Å². The Hall–Kier alpha value is -0.340. The molecule has 0 aliphatic heterocycles. The van der Waals surface area contributed by atoms with Gasteiger partial charge in [0.1, 0.15) is 0 Å². The van der Waals surface area contributed by atoms with E-state index >= 15 is 0 Å². The molecule has 0 aromatic rings. The number of nitrogens with one attached hydrogen (secondary N) is 1. The molecule has 1 saturated carbocycles. The summed E-state index contributed by atoms with van der Waals surface area (Å²) in [6.07, 6.45) is 6.47. The molecule has 1 aliphatic carbocycles. The molecule has 0 amide bonds. The highest BCUT2D eigenvalue weighted by Gasteiger charge is 2.42. The van der Waals surface area contributed by atoms with Gasteiger partial charge in [-0.2, -0.15) is 0 Å². The van der Waals surface area contributed by atoms with Crippen LogP contribution < -0.4 is 5.32 Å². The fourth-order valence-corrected chi connectivity index (χ4v) is 3.65. The topological polar surface area (TPSA) is 15.3 Å². The van der Waals surface area contributed by atoms with Gasteiger partial charge in [0.2, 0.25) is 0 Å². The van der Waals surface area contributed by atoms with Gasteiger partial charge in [-0.3, -0.25) is 0 Å². The molecule has 1 aliphatic rings. The second kappa shape index (κ2) is 6.72. The Morgan fingerprint density at radius 2 is 2.17 bits per heavy atom. The third kappa shape index (κ3) is 3.58. The Labute approximate surface area is 114 Å². The summed E-state index contributed by atoms with van der Waals surface area (Å²) in [5.74, 6) is 0.840. The number of rotatable bonds is 6. The van der Waals surface area contributed by atoms with Crippen LogP contribution in [0.4, 0.5) is 0 Å². The number of hydrogen-bond acceptors (Lipinski definition) is 2. The van der Waals surface area contributed by atoms with Crippen molar-refractivity contribution in [3.05, 3.63) is 12.2 Å². The molecule has 3 atom stereocenters. The first-order valence-electron chi connectivity index (χ1n) is 7.47. The molecule has 3 unspecified atom stereocenters. The molecule has 1 rings (SSSR count). The molecule has 0 aromatic carbocycles.